The lowest BCUT2D eigenvalue weighted by Crippen LogP contribution is -2.32. The van der Waals surface area contributed by atoms with Crippen LogP contribution in [0.2, 0.25) is 0 Å². The van der Waals surface area contributed by atoms with Gasteiger partial charge in [-0.05, 0) is 42.6 Å². The number of nitrogens with one attached hydrogen (secondary N) is 1. The lowest BCUT2D eigenvalue weighted by molar-refractivity contribution is 0.101. The van der Waals surface area contributed by atoms with Crippen LogP contribution in [0.3, 0.4) is 0 Å². The number of carbonyl (C=O) groups is 1. The molecule has 0 bridgehead atoms. The van der Waals surface area contributed by atoms with Gasteiger partial charge in [-0.2, -0.15) is 4.31 Å². The van der Waals surface area contributed by atoms with Crippen molar-refractivity contribution in [2.24, 2.45) is 0 Å². The van der Waals surface area contributed by atoms with E-state index in [0.717, 1.165) is 4.88 Å². The summed E-state index contributed by atoms with van der Waals surface area (Å²) in [6.07, 6.45) is 0. The van der Waals surface area contributed by atoms with Gasteiger partial charge in [0.25, 0.3) is 5.56 Å². The number of nitrogens with zero attached hydrogens (tertiary/aromatic N) is 1. The van der Waals surface area contributed by atoms with Gasteiger partial charge in [0.1, 0.15) is 13.2 Å². The summed E-state index contributed by atoms with van der Waals surface area (Å²) in [5, 5.41) is 2.58. The number of fused-ring (bicyclic) bond motifs is 2. The number of benzene rings is 2. The van der Waals surface area contributed by atoms with Crippen LogP contribution in [-0.4, -0.2) is 36.7 Å². The van der Waals surface area contributed by atoms with E-state index >= 15 is 0 Å². The van der Waals surface area contributed by atoms with Crippen LogP contribution in [0.15, 0.2) is 69.7 Å². The van der Waals surface area contributed by atoms with Crippen molar-refractivity contribution >= 4 is 38.0 Å². The molecule has 180 valence electrons. The molecule has 0 fully saturated rings. The Kier molecular flexibility index (Phi) is 6.18. The number of ether oxygens (including phenoxy) is 2. The maximum absolute atomic E-state index is 13.6. The van der Waals surface area contributed by atoms with E-state index in [9.17, 15) is 18.0 Å². The molecule has 35 heavy (non-hydrogen) atoms. The largest absolute Gasteiger partial charge is 0.486 e. The smallest absolute Gasteiger partial charge is 0.252 e. The number of aromatic amines is 1. The van der Waals surface area contributed by atoms with Gasteiger partial charge in [0.2, 0.25) is 10.0 Å². The van der Waals surface area contributed by atoms with Crippen LogP contribution in [0.1, 0.15) is 27.7 Å². The third kappa shape index (κ3) is 4.72. The second-order valence-corrected chi connectivity index (χ2v) is 11.1. The lowest BCUT2D eigenvalue weighted by atomic mass is 10.1. The van der Waals surface area contributed by atoms with Crippen LogP contribution in [0.25, 0.3) is 10.9 Å². The molecule has 0 saturated carbocycles. The number of thiophene rings is 1. The predicted octanol–water partition coefficient (Wildman–Crippen LogP) is 3.95. The summed E-state index contributed by atoms with van der Waals surface area (Å²) in [4.78, 5) is 28.3. The monoisotopic (exact) mass is 510 g/mol. The number of Topliss-reactive ketones (excluding diaryl/α,β-unsaturated/α-hetero) is 1. The van der Waals surface area contributed by atoms with Crippen molar-refractivity contribution in [2.75, 3.05) is 13.2 Å². The van der Waals surface area contributed by atoms with Gasteiger partial charge in [0.15, 0.2) is 17.3 Å². The highest BCUT2D eigenvalue weighted by molar-refractivity contribution is 7.89. The van der Waals surface area contributed by atoms with Crippen molar-refractivity contribution in [3.8, 4) is 11.5 Å². The molecule has 0 atom stereocenters. The second kappa shape index (κ2) is 9.29. The lowest BCUT2D eigenvalue weighted by Gasteiger charge is -2.22. The number of ketones is 1. The number of carbonyl (C=O) groups excluding carboxylic acids is 1. The van der Waals surface area contributed by atoms with Gasteiger partial charge in [0.05, 0.1) is 10.4 Å². The first-order valence-corrected chi connectivity index (χ1v) is 13.2. The van der Waals surface area contributed by atoms with E-state index in [0.29, 0.717) is 46.7 Å². The zero-order valence-electron chi connectivity index (χ0n) is 18.8. The molecule has 0 saturated heterocycles. The van der Waals surface area contributed by atoms with E-state index in [2.05, 4.69) is 4.98 Å². The van der Waals surface area contributed by atoms with Gasteiger partial charge in [-0.3, -0.25) is 9.59 Å². The predicted molar refractivity (Wildman–Crippen MR) is 133 cm³/mol. The number of hydrogen-bond acceptors (Lipinski definition) is 7. The Morgan fingerprint density at radius 1 is 1.03 bits per heavy atom. The molecule has 10 heteroatoms. The van der Waals surface area contributed by atoms with E-state index in [1.807, 2.05) is 17.5 Å². The molecule has 4 aromatic rings. The van der Waals surface area contributed by atoms with Crippen LogP contribution in [-0.2, 0) is 23.1 Å². The van der Waals surface area contributed by atoms with Crippen molar-refractivity contribution < 1.29 is 22.7 Å². The molecular formula is C25H22N2O6S2. The SMILES string of the molecule is CC(=O)c1ccc(S(=O)(=O)N(Cc2cccs2)Cc2cc3cc4c(cc3[nH]c2=O)OCCO4)cc1. The quantitative estimate of drug-likeness (QED) is 0.378. The highest BCUT2D eigenvalue weighted by atomic mass is 32.2. The third-order valence-electron chi connectivity index (χ3n) is 5.74. The molecule has 1 N–H and O–H groups in total. The van der Waals surface area contributed by atoms with Crippen LogP contribution in [0, 0.1) is 0 Å². The molecule has 2 aromatic carbocycles. The van der Waals surface area contributed by atoms with Gasteiger partial charge >= 0.3 is 0 Å². The fraction of sp³-hybridized carbons (Fsp3) is 0.200. The van der Waals surface area contributed by atoms with E-state index in [1.165, 1.54) is 46.8 Å². The van der Waals surface area contributed by atoms with Crippen molar-refractivity contribution in [3.05, 3.63) is 86.3 Å². The summed E-state index contributed by atoms with van der Waals surface area (Å²) in [7, 11) is -3.97. The minimum atomic E-state index is -3.97. The van der Waals surface area contributed by atoms with E-state index < -0.39 is 10.0 Å². The Labute approximate surface area is 205 Å². The average Bonchev–Trinajstić information content (AvgIpc) is 3.36. The summed E-state index contributed by atoms with van der Waals surface area (Å²) < 4.78 is 39.7. The van der Waals surface area contributed by atoms with Gasteiger partial charge in [0, 0.05) is 40.5 Å². The van der Waals surface area contributed by atoms with Crippen LogP contribution >= 0.6 is 11.3 Å². The Morgan fingerprint density at radius 2 is 1.74 bits per heavy atom. The fourth-order valence-corrected chi connectivity index (χ4v) is 6.11. The summed E-state index contributed by atoms with van der Waals surface area (Å²) in [6.45, 7) is 2.27. The zero-order valence-corrected chi connectivity index (χ0v) is 20.4. The summed E-state index contributed by atoms with van der Waals surface area (Å²) >= 11 is 1.43. The van der Waals surface area contributed by atoms with E-state index in [1.54, 1.807) is 18.2 Å². The van der Waals surface area contributed by atoms with Crippen molar-refractivity contribution in [1.29, 1.82) is 0 Å². The molecule has 0 aliphatic carbocycles. The molecular weight excluding hydrogens is 488 g/mol. The molecule has 2 aromatic heterocycles. The third-order valence-corrected chi connectivity index (χ3v) is 8.41. The van der Waals surface area contributed by atoms with Crippen molar-refractivity contribution in [3.63, 3.8) is 0 Å². The first-order valence-electron chi connectivity index (χ1n) is 10.9. The number of H-pyrrole nitrogens is 1. The minimum Gasteiger partial charge on any atom is -0.486 e. The standard InChI is InChI=1S/C25H22N2O6S2/c1-16(28)17-4-6-21(7-5-17)35(30,31)27(15-20-3-2-10-34-20)14-19-11-18-12-23-24(33-9-8-32-23)13-22(18)26-25(19)29/h2-7,10-13H,8-9,14-15H2,1H3,(H,26,29). The Balaban J connectivity index is 1.54. The average molecular weight is 511 g/mol. The summed E-state index contributed by atoms with van der Waals surface area (Å²) in [5.41, 5.74) is 0.923. The summed E-state index contributed by atoms with van der Waals surface area (Å²) in [6, 6.07) is 14.7. The van der Waals surface area contributed by atoms with Gasteiger partial charge in [-0.15, -0.1) is 11.3 Å². The highest BCUT2D eigenvalue weighted by Crippen LogP contribution is 2.34. The highest BCUT2D eigenvalue weighted by Gasteiger charge is 2.27. The number of aromatic nitrogens is 1. The second-order valence-electron chi connectivity index (χ2n) is 8.14. The van der Waals surface area contributed by atoms with Crippen LogP contribution < -0.4 is 15.0 Å². The maximum Gasteiger partial charge on any atom is 0.252 e. The molecule has 1 aliphatic heterocycles. The van der Waals surface area contributed by atoms with Gasteiger partial charge < -0.3 is 14.5 Å². The van der Waals surface area contributed by atoms with Gasteiger partial charge in [-0.25, -0.2) is 8.42 Å². The van der Waals surface area contributed by atoms with E-state index in [4.69, 9.17) is 9.47 Å². The number of rotatable bonds is 7. The zero-order chi connectivity index (χ0) is 24.6. The number of sulfonamides is 1. The van der Waals surface area contributed by atoms with Crippen LogP contribution in [0.5, 0.6) is 11.5 Å². The molecule has 8 nitrogen and oxygen atoms in total. The molecule has 3 heterocycles. The number of hydrogen-bond donors (Lipinski definition) is 1. The van der Waals surface area contributed by atoms with Crippen LogP contribution in [0.4, 0.5) is 0 Å². The molecule has 0 spiro atoms. The number of pyridine rings is 1. The van der Waals surface area contributed by atoms with Gasteiger partial charge in [-0.1, -0.05) is 18.2 Å². The Hall–Kier alpha value is -3.47. The Morgan fingerprint density at radius 3 is 2.40 bits per heavy atom. The maximum atomic E-state index is 13.6. The van der Waals surface area contributed by atoms with E-state index in [-0.39, 0.29) is 29.3 Å². The first-order chi connectivity index (χ1) is 16.8. The van der Waals surface area contributed by atoms with Crippen molar-refractivity contribution in [1.82, 2.24) is 9.29 Å². The molecule has 0 radical (unpaired) electrons. The first kappa shape index (κ1) is 23.3. The Bertz CT molecular complexity index is 1560. The molecule has 0 unspecified atom stereocenters. The fourth-order valence-electron chi connectivity index (χ4n) is 3.91. The molecule has 1 aliphatic rings. The molecule has 5 rings (SSSR count). The topological polar surface area (TPSA) is 106 Å². The minimum absolute atomic E-state index is 0.0518. The van der Waals surface area contributed by atoms with Crippen molar-refractivity contribution in [2.45, 2.75) is 24.9 Å². The molecule has 0 amide bonds. The normalized spacial score (nSPS) is 13.3. The summed E-state index contributed by atoms with van der Waals surface area (Å²) in [5.74, 6) is 0.988.